The Labute approximate surface area is 130 Å². The molecule has 2 aromatic carbocycles. The van der Waals surface area contributed by atoms with Crippen LogP contribution in [0.5, 0.6) is 0 Å². The molecule has 22 heavy (non-hydrogen) atoms. The van der Waals surface area contributed by atoms with Crippen molar-refractivity contribution in [2.75, 3.05) is 0 Å². The zero-order valence-corrected chi connectivity index (χ0v) is 12.3. The summed E-state index contributed by atoms with van der Waals surface area (Å²) in [5.41, 5.74) is 3.70. The Morgan fingerprint density at radius 3 is 2.45 bits per heavy atom. The minimum atomic E-state index is -0.320. The van der Waals surface area contributed by atoms with Crippen LogP contribution in [-0.2, 0) is 9.59 Å². The van der Waals surface area contributed by atoms with E-state index in [9.17, 15) is 4.39 Å². The Balaban J connectivity index is 0.000000545. The molecule has 0 aliphatic rings. The summed E-state index contributed by atoms with van der Waals surface area (Å²) >= 11 is 6.15. The zero-order chi connectivity index (χ0) is 16.1. The van der Waals surface area contributed by atoms with E-state index in [1.54, 1.807) is 12.1 Å². The highest BCUT2D eigenvalue weighted by atomic mass is 35.5. The fourth-order valence-corrected chi connectivity index (χ4v) is 2.20. The summed E-state index contributed by atoms with van der Waals surface area (Å²) in [6.07, 6.45) is 0.250. The van der Waals surface area contributed by atoms with E-state index >= 15 is 0 Å². The van der Waals surface area contributed by atoms with Crippen molar-refractivity contribution in [3.05, 3.63) is 59.0 Å². The fourth-order valence-electron chi connectivity index (χ4n) is 1.96. The fraction of sp³-hybridized carbons (Fsp3) is 0.0625. The number of aromatic nitrogens is 2. The third-order valence-electron chi connectivity index (χ3n) is 2.88. The average Bonchev–Trinajstić information content (AvgIpc) is 2.47. The van der Waals surface area contributed by atoms with Crippen LogP contribution in [0.4, 0.5) is 4.39 Å². The molecule has 6 heteroatoms. The molecule has 0 atom stereocenters. The molecule has 0 radical (unpaired) electrons. The van der Waals surface area contributed by atoms with Crippen LogP contribution in [0.15, 0.2) is 42.5 Å². The lowest BCUT2D eigenvalue weighted by Gasteiger charge is -2.06. The van der Waals surface area contributed by atoms with Crippen molar-refractivity contribution in [1.82, 2.24) is 9.97 Å². The predicted molar refractivity (Wildman–Crippen MR) is 79.7 cm³/mol. The second kappa shape index (κ2) is 6.89. The smallest absolute Gasteiger partial charge is 0.243 e. The van der Waals surface area contributed by atoms with Gasteiger partial charge in [-0.15, -0.1) is 0 Å². The molecule has 0 spiro atoms. The maximum Gasteiger partial charge on any atom is 0.373 e. The van der Waals surface area contributed by atoms with Gasteiger partial charge in [0.2, 0.25) is 0 Å². The maximum absolute atomic E-state index is 13.3. The quantitative estimate of drug-likeness (QED) is 0.685. The SMILES string of the molecule is Cc1ccc2nc(-c3cccc(F)c3)c(Cl)nc2c1.O=C=O. The molecule has 0 bridgehead atoms. The van der Waals surface area contributed by atoms with Gasteiger partial charge in [-0.1, -0.05) is 29.8 Å². The Bertz CT molecular complexity index is 862. The number of rotatable bonds is 1. The van der Waals surface area contributed by atoms with Crippen LogP contribution in [0.3, 0.4) is 0 Å². The first-order valence-corrected chi connectivity index (χ1v) is 6.62. The molecule has 0 aliphatic heterocycles. The minimum absolute atomic E-state index is 0.250. The molecular weight excluding hydrogens is 307 g/mol. The molecule has 110 valence electrons. The summed E-state index contributed by atoms with van der Waals surface area (Å²) in [6.45, 7) is 1.98. The van der Waals surface area contributed by atoms with Crippen LogP contribution in [0.2, 0.25) is 5.15 Å². The molecule has 4 nitrogen and oxygen atoms in total. The van der Waals surface area contributed by atoms with E-state index in [0.29, 0.717) is 11.3 Å². The van der Waals surface area contributed by atoms with E-state index in [4.69, 9.17) is 21.2 Å². The second-order valence-electron chi connectivity index (χ2n) is 4.45. The van der Waals surface area contributed by atoms with Crippen LogP contribution in [-0.4, -0.2) is 16.1 Å². The molecule has 1 aromatic heterocycles. The number of aryl methyl sites for hydroxylation is 1. The zero-order valence-electron chi connectivity index (χ0n) is 11.5. The van der Waals surface area contributed by atoms with Crippen molar-refractivity contribution in [3.63, 3.8) is 0 Å². The topological polar surface area (TPSA) is 59.9 Å². The summed E-state index contributed by atoms with van der Waals surface area (Å²) in [4.78, 5) is 25.0. The Morgan fingerprint density at radius 1 is 1.05 bits per heavy atom. The summed E-state index contributed by atoms with van der Waals surface area (Å²) in [5.74, 6) is -0.320. The molecule has 0 unspecified atom stereocenters. The van der Waals surface area contributed by atoms with Gasteiger partial charge >= 0.3 is 6.15 Å². The van der Waals surface area contributed by atoms with Crippen molar-refractivity contribution in [2.45, 2.75) is 6.92 Å². The largest absolute Gasteiger partial charge is 0.373 e. The first-order valence-electron chi connectivity index (χ1n) is 6.24. The number of hydrogen-bond donors (Lipinski definition) is 0. The van der Waals surface area contributed by atoms with Crippen molar-refractivity contribution < 1.29 is 14.0 Å². The predicted octanol–water partition coefficient (Wildman–Crippen LogP) is 3.81. The number of fused-ring (bicyclic) bond motifs is 1. The van der Waals surface area contributed by atoms with Gasteiger partial charge in [-0.3, -0.25) is 0 Å². The van der Waals surface area contributed by atoms with Gasteiger partial charge in [0.1, 0.15) is 11.5 Å². The lowest BCUT2D eigenvalue weighted by atomic mass is 10.1. The normalized spacial score (nSPS) is 9.77. The first kappa shape index (κ1) is 15.8. The molecule has 3 aromatic rings. The summed E-state index contributed by atoms with van der Waals surface area (Å²) in [5, 5.41) is 0.281. The number of nitrogens with zero attached hydrogens (tertiary/aromatic N) is 2. The van der Waals surface area contributed by atoms with E-state index < -0.39 is 0 Å². The molecule has 0 saturated heterocycles. The van der Waals surface area contributed by atoms with Crippen molar-refractivity contribution in [3.8, 4) is 11.3 Å². The Kier molecular flexibility index (Phi) is 4.94. The third-order valence-corrected chi connectivity index (χ3v) is 3.14. The maximum atomic E-state index is 13.3. The van der Waals surface area contributed by atoms with Gasteiger partial charge in [0.05, 0.1) is 11.0 Å². The molecule has 0 amide bonds. The molecule has 1 heterocycles. The first-order chi connectivity index (χ1) is 10.5. The third kappa shape index (κ3) is 3.52. The highest BCUT2D eigenvalue weighted by Crippen LogP contribution is 2.27. The van der Waals surface area contributed by atoms with Crippen LogP contribution < -0.4 is 0 Å². The van der Waals surface area contributed by atoms with Gasteiger partial charge < -0.3 is 0 Å². The summed E-state index contributed by atoms with van der Waals surface area (Å²) in [6, 6.07) is 11.9. The van der Waals surface area contributed by atoms with Crippen molar-refractivity contribution >= 4 is 28.8 Å². The van der Waals surface area contributed by atoms with Crippen LogP contribution >= 0.6 is 11.6 Å². The van der Waals surface area contributed by atoms with Crippen molar-refractivity contribution in [2.24, 2.45) is 0 Å². The highest BCUT2D eigenvalue weighted by Gasteiger charge is 2.10. The van der Waals surface area contributed by atoms with E-state index in [0.717, 1.165) is 16.6 Å². The van der Waals surface area contributed by atoms with Crippen LogP contribution in [0.1, 0.15) is 5.56 Å². The standard InChI is InChI=1S/C15H10ClFN2.CO2/c1-9-5-6-12-13(7-9)19-15(16)14(18-12)10-3-2-4-11(17)8-10;2-1-3/h2-8H,1H3;. The number of carbonyl (C=O) groups excluding carboxylic acids is 2. The molecule has 0 aliphatic carbocycles. The van der Waals surface area contributed by atoms with Gasteiger partial charge in [0, 0.05) is 5.56 Å². The summed E-state index contributed by atoms with van der Waals surface area (Å²) < 4.78 is 13.3. The number of hydrogen-bond acceptors (Lipinski definition) is 4. The minimum Gasteiger partial charge on any atom is -0.243 e. The summed E-state index contributed by atoms with van der Waals surface area (Å²) in [7, 11) is 0. The van der Waals surface area contributed by atoms with Gasteiger partial charge in [-0.2, -0.15) is 9.59 Å². The molecule has 3 rings (SSSR count). The average molecular weight is 317 g/mol. The van der Waals surface area contributed by atoms with Gasteiger partial charge in [-0.05, 0) is 36.8 Å². The van der Waals surface area contributed by atoms with E-state index in [1.807, 2.05) is 25.1 Å². The number of halogens is 2. The number of benzene rings is 2. The lowest BCUT2D eigenvalue weighted by molar-refractivity contribution is -0.191. The van der Waals surface area contributed by atoms with E-state index in [-0.39, 0.29) is 17.1 Å². The second-order valence-corrected chi connectivity index (χ2v) is 4.81. The van der Waals surface area contributed by atoms with Gasteiger partial charge in [0.15, 0.2) is 5.15 Å². The molecule has 0 fully saturated rings. The lowest BCUT2D eigenvalue weighted by Crippen LogP contribution is -1.92. The Morgan fingerprint density at radius 2 is 1.77 bits per heavy atom. The monoisotopic (exact) mass is 316 g/mol. The van der Waals surface area contributed by atoms with Gasteiger partial charge in [-0.25, -0.2) is 14.4 Å². The van der Waals surface area contributed by atoms with Crippen LogP contribution in [0.25, 0.3) is 22.3 Å². The van der Waals surface area contributed by atoms with E-state index in [1.165, 1.54) is 12.1 Å². The van der Waals surface area contributed by atoms with Crippen LogP contribution in [0, 0.1) is 12.7 Å². The molecular formula is C16H10ClFN2O2. The van der Waals surface area contributed by atoms with E-state index in [2.05, 4.69) is 9.97 Å². The Hall–Kier alpha value is -2.62. The van der Waals surface area contributed by atoms with Crippen molar-refractivity contribution in [1.29, 1.82) is 0 Å². The molecule has 0 saturated carbocycles. The highest BCUT2D eigenvalue weighted by molar-refractivity contribution is 6.32. The molecule has 0 N–H and O–H groups in total. The van der Waals surface area contributed by atoms with Gasteiger partial charge in [0.25, 0.3) is 0 Å².